The topological polar surface area (TPSA) is 21.7 Å². The van der Waals surface area contributed by atoms with Crippen molar-refractivity contribution in [3.63, 3.8) is 0 Å². The number of rotatable bonds is 3. The van der Waals surface area contributed by atoms with Crippen LogP contribution in [0.25, 0.3) is 16.3 Å². The molecule has 0 saturated carbocycles. The van der Waals surface area contributed by atoms with Crippen LogP contribution >= 0.6 is 0 Å². The second-order valence-corrected chi connectivity index (χ2v) is 13.9. The highest BCUT2D eigenvalue weighted by molar-refractivity contribution is 5.92. The van der Waals surface area contributed by atoms with E-state index < -0.39 is 0 Å². The normalized spacial score (nSPS) is 21.5. The summed E-state index contributed by atoms with van der Waals surface area (Å²) in [6.45, 7) is 0. The van der Waals surface area contributed by atoms with Crippen molar-refractivity contribution in [2.75, 3.05) is 4.90 Å². The van der Waals surface area contributed by atoms with Crippen molar-refractivity contribution in [3.05, 3.63) is 192 Å². The van der Waals surface area contributed by atoms with Gasteiger partial charge >= 0.3 is 0 Å². The average Bonchev–Trinajstić information content (AvgIpc) is 3.64. The van der Waals surface area contributed by atoms with Crippen LogP contribution in [0.3, 0.4) is 0 Å². The number of benzene rings is 6. The van der Waals surface area contributed by atoms with Crippen LogP contribution in [0.1, 0.15) is 41.0 Å². The van der Waals surface area contributed by atoms with E-state index in [0.717, 1.165) is 41.4 Å². The molecule has 3 heteroatoms. The summed E-state index contributed by atoms with van der Waals surface area (Å²) in [5, 5.41) is 2.40. The third-order valence-corrected chi connectivity index (χ3v) is 11.4. The van der Waals surface area contributed by atoms with E-state index in [9.17, 15) is 0 Å². The zero-order valence-corrected chi connectivity index (χ0v) is 27.4. The number of fused-ring (bicyclic) bond motifs is 12. The lowest BCUT2D eigenvalue weighted by molar-refractivity contribution is 0.358. The van der Waals surface area contributed by atoms with Crippen molar-refractivity contribution in [2.45, 2.75) is 24.2 Å². The van der Waals surface area contributed by atoms with Gasteiger partial charge in [0, 0.05) is 23.2 Å². The minimum atomic E-state index is -0.288. The van der Waals surface area contributed by atoms with Crippen molar-refractivity contribution < 1.29 is 9.47 Å². The summed E-state index contributed by atoms with van der Waals surface area (Å²) in [6, 6.07) is 45.5. The van der Waals surface area contributed by atoms with Gasteiger partial charge in [-0.05, 0) is 106 Å². The van der Waals surface area contributed by atoms with Crippen LogP contribution in [0.15, 0.2) is 169 Å². The summed E-state index contributed by atoms with van der Waals surface area (Å²) in [5.41, 5.74) is 11.1. The Bertz CT molecular complexity index is 2520. The molecule has 6 aromatic rings. The zero-order valence-electron chi connectivity index (χ0n) is 27.4. The maximum atomic E-state index is 7.09. The van der Waals surface area contributed by atoms with Crippen LogP contribution in [-0.2, 0) is 5.41 Å². The molecular formula is C47H33NO2. The molecule has 11 rings (SSSR count). The summed E-state index contributed by atoms with van der Waals surface area (Å²) in [6.07, 6.45) is 16.2. The zero-order chi connectivity index (χ0) is 32.8. The van der Waals surface area contributed by atoms with E-state index in [2.05, 4.69) is 163 Å². The molecule has 6 aromatic carbocycles. The molecule has 0 N–H and O–H groups in total. The Morgan fingerprint density at radius 1 is 0.620 bits per heavy atom. The molecule has 3 atom stereocenters. The summed E-state index contributed by atoms with van der Waals surface area (Å²) >= 11 is 0. The molecule has 4 aliphatic carbocycles. The Morgan fingerprint density at radius 3 is 2.38 bits per heavy atom. The predicted octanol–water partition coefficient (Wildman–Crippen LogP) is 12.5. The highest BCUT2D eigenvalue weighted by Crippen LogP contribution is 2.67. The molecule has 50 heavy (non-hydrogen) atoms. The molecule has 3 nitrogen and oxygen atoms in total. The maximum absolute atomic E-state index is 7.09. The first-order valence-corrected chi connectivity index (χ1v) is 17.7. The van der Waals surface area contributed by atoms with Crippen LogP contribution in [0.4, 0.5) is 17.1 Å². The lowest BCUT2D eigenvalue weighted by Crippen LogP contribution is -2.34. The van der Waals surface area contributed by atoms with E-state index in [4.69, 9.17) is 9.47 Å². The van der Waals surface area contributed by atoms with E-state index >= 15 is 0 Å². The Hall–Kier alpha value is -6.06. The minimum Gasteiger partial charge on any atom is -0.449 e. The fourth-order valence-corrected chi connectivity index (χ4v) is 9.46. The number of allylic oxidation sites excluding steroid dienone is 8. The van der Waals surface area contributed by atoms with Gasteiger partial charge in [-0.1, -0.05) is 115 Å². The van der Waals surface area contributed by atoms with Crippen molar-refractivity contribution in [2.24, 2.45) is 5.92 Å². The molecule has 0 saturated heterocycles. The summed E-state index contributed by atoms with van der Waals surface area (Å²) < 4.78 is 13.9. The smallest absolute Gasteiger partial charge is 0.194 e. The van der Waals surface area contributed by atoms with Gasteiger partial charge in [0.05, 0.1) is 11.1 Å². The Labute approximate surface area is 291 Å². The molecule has 0 bridgehead atoms. The summed E-state index contributed by atoms with van der Waals surface area (Å²) in [4.78, 5) is 2.27. The third-order valence-electron chi connectivity index (χ3n) is 11.4. The second-order valence-electron chi connectivity index (χ2n) is 13.9. The highest BCUT2D eigenvalue weighted by atomic mass is 16.6. The number of anilines is 3. The number of nitrogens with zero attached hydrogens (tertiary/aromatic N) is 1. The van der Waals surface area contributed by atoms with Crippen LogP contribution in [0.2, 0.25) is 0 Å². The van der Waals surface area contributed by atoms with Crippen LogP contribution < -0.4 is 14.4 Å². The lowest BCUT2D eigenvalue weighted by atomic mass is 9.64. The van der Waals surface area contributed by atoms with Crippen LogP contribution in [0, 0.1) is 5.92 Å². The quantitative estimate of drug-likeness (QED) is 0.191. The largest absolute Gasteiger partial charge is 0.449 e. The van der Waals surface area contributed by atoms with Gasteiger partial charge in [0.1, 0.15) is 0 Å². The van der Waals surface area contributed by atoms with Gasteiger partial charge in [0.15, 0.2) is 23.0 Å². The fourth-order valence-electron chi connectivity index (χ4n) is 9.46. The Balaban J connectivity index is 1.10. The Morgan fingerprint density at radius 2 is 1.44 bits per heavy atom. The molecule has 0 fully saturated rings. The minimum absolute atomic E-state index is 0.283. The number of hydrogen-bond donors (Lipinski definition) is 0. The lowest BCUT2D eigenvalue weighted by Gasteiger charge is -2.38. The van der Waals surface area contributed by atoms with Crippen molar-refractivity contribution in [1.82, 2.24) is 0 Å². The first-order chi connectivity index (χ1) is 24.8. The van der Waals surface area contributed by atoms with Gasteiger partial charge in [-0.3, -0.25) is 0 Å². The predicted molar refractivity (Wildman–Crippen MR) is 202 cm³/mol. The van der Waals surface area contributed by atoms with Crippen LogP contribution in [-0.4, -0.2) is 0 Å². The first-order valence-electron chi connectivity index (χ1n) is 17.7. The highest BCUT2D eigenvalue weighted by Gasteiger charge is 2.58. The monoisotopic (exact) mass is 643 g/mol. The van der Waals surface area contributed by atoms with E-state index in [0.29, 0.717) is 17.4 Å². The molecule has 1 heterocycles. The first kappa shape index (κ1) is 27.8. The summed E-state index contributed by atoms with van der Waals surface area (Å²) in [7, 11) is 0. The molecule has 0 amide bonds. The van der Waals surface area contributed by atoms with Crippen LogP contribution in [0.5, 0.6) is 23.0 Å². The van der Waals surface area contributed by atoms with E-state index in [-0.39, 0.29) is 11.3 Å². The molecule has 3 unspecified atom stereocenters. The van der Waals surface area contributed by atoms with Crippen molar-refractivity contribution in [1.29, 1.82) is 0 Å². The van der Waals surface area contributed by atoms with E-state index in [1.54, 1.807) is 0 Å². The molecule has 0 aromatic heterocycles. The average molecular weight is 644 g/mol. The van der Waals surface area contributed by atoms with Gasteiger partial charge in [-0.2, -0.15) is 0 Å². The molecular weight excluding hydrogens is 611 g/mol. The molecule has 0 radical (unpaired) electrons. The van der Waals surface area contributed by atoms with Gasteiger partial charge in [-0.25, -0.2) is 0 Å². The van der Waals surface area contributed by atoms with Gasteiger partial charge in [0.2, 0.25) is 0 Å². The molecule has 1 aliphatic heterocycles. The van der Waals surface area contributed by atoms with Gasteiger partial charge < -0.3 is 14.4 Å². The number of ether oxygens (including phenoxy) is 2. The molecule has 5 aliphatic rings. The van der Waals surface area contributed by atoms with Crippen molar-refractivity contribution in [3.8, 4) is 23.0 Å². The standard InChI is InChI=1S/C47H33NO2/c1-2-15-32(16-3-1)48(33-26-25-30-13-4-5-14-31(30)27-33)42-23-12-24-43-46(42)50-45-29-41-37(28-44(45)49-43)36-19-8-11-22-40(36)47(41)38-20-9-6-17-34(38)35-18-7-10-21-39(35)47/h1-7,9-18,20-29,34,38H,8,19H2. The maximum Gasteiger partial charge on any atom is 0.194 e. The van der Waals surface area contributed by atoms with Crippen molar-refractivity contribution >= 4 is 33.4 Å². The molecule has 238 valence electrons. The third kappa shape index (κ3) is 3.75. The number of hydrogen-bond acceptors (Lipinski definition) is 3. The number of para-hydroxylation sites is 2. The molecule has 1 spiro atoms. The van der Waals surface area contributed by atoms with Gasteiger partial charge in [-0.15, -0.1) is 0 Å². The van der Waals surface area contributed by atoms with E-state index in [1.165, 1.54) is 44.2 Å². The SMILES string of the molecule is C1=CC2c3ccccc3C3(C4=C(CCC=C4)c4cc5c(cc43)Oc3c(cccc3N(c3ccccc3)c3ccc4ccccc4c3)O5)C2C=C1. The second kappa shape index (κ2) is 10.5. The Kier molecular flexibility index (Phi) is 5.83. The fraction of sp³-hybridized carbons (Fsp3) is 0.106. The summed E-state index contributed by atoms with van der Waals surface area (Å²) in [5.74, 6) is 3.57. The van der Waals surface area contributed by atoms with E-state index in [1.807, 2.05) is 6.07 Å². The van der Waals surface area contributed by atoms with Gasteiger partial charge in [0.25, 0.3) is 0 Å².